The van der Waals surface area contributed by atoms with E-state index in [0.717, 1.165) is 48.2 Å². The zero-order chi connectivity index (χ0) is 21.8. The number of pyridine rings is 1. The first kappa shape index (κ1) is 22.0. The van der Waals surface area contributed by atoms with Gasteiger partial charge in [0.05, 0.1) is 11.3 Å². The van der Waals surface area contributed by atoms with E-state index >= 15 is 0 Å². The first-order chi connectivity index (χ1) is 15.0. The highest BCUT2D eigenvalue weighted by atomic mass is 127. The monoisotopic (exact) mass is 531 g/mol. The number of halogens is 1. The van der Waals surface area contributed by atoms with Crippen molar-refractivity contribution in [3.05, 3.63) is 67.5 Å². The maximum Gasteiger partial charge on any atom is 0.258 e. The number of aliphatic hydroxyl groups is 1. The first-order valence-corrected chi connectivity index (χ1v) is 11.6. The van der Waals surface area contributed by atoms with Crippen LogP contribution in [-0.2, 0) is 6.54 Å². The zero-order valence-electron chi connectivity index (χ0n) is 17.2. The predicted octanol–water partition coefficient (Wildman–Crippen LogP) is 4.18. The summed E-state index contributed by atoms with van der Waals surface area (Å²) in [4.78, 5) is 21.6. The summed E-state index contributed by atoms with van der Waals surface area (Å²) in [5.74, 6) is 0.478. The number of aliphatic hydroxyl groups excluding tert-OH is 1. The van der Waals surface area contributed by atoms with E-state index in [-0.39, 0.29) is 11.4 Å². The highest BCUT2D eigenvalue weighted by molar-refractivity contribution is 14.1. The van der Waals surface area contributed by atoms with Crippen LogP contribution in [0.2, 0.25) is 0 Å². The van der Waals surface area contributed by atoms with Gasteiger partial charge in [-0.3, -0.25) is 19.7 Å². The van der Waals surface area contributed by atoms with Crippen LogP contribution in [0.5, 0.6) is 5.88 Å². The lowest BCUT2D eigenvalue weighted by molar-refractivity contribution is 0.153. The number of H-pyrrole nitrogens is 1. The fourth-order valence-corrected chi connectivity index (χ4v) is 4.63. The van der Waals surface area contributed by atoms with Crippen molar-refractivity contribution in [2.45, 2.75) is 25.8 Å². The molecule has 0 saturated carbocycles. The lowest BCUT2D eigenvalue weighted by atomic mass is 9.94. The summed E-state index contributed by atoms with van der Waals surface area (Å²) < 4.78 is 0.981. The third-order valence-corrected chi connectivity index (χ3v) is 6.60. The Morgan fingerprint density at radius 2 is 1.87 bits per heavy atom. The van der Waals surface area contributed by atoms with E-state index in [9.17, 15) is 9.90 Å². The van der Waals surface area contributed by atoms with Crippen molar-refractivity contribution < 1.29 is 10.2 Å². The fraction of sp³-hybridized carbons (Fsp3) is 0.333. The predicted molar refractivity (Wildman–Crippen MR) is 132 cm³/mol. The van der Waals surface area contributed by atoms with Crippen LogP contribution in [0.15, 0.2) is 52.3 Å². The molecule has 3 N–H and O–H groups in total. The van der Waals surface area contributed by atoms with E-state index in [2.05, 4.69) is 49.6 Å². The number of aromatic amines is 1. The molecule has 4 rings (SSSR count). The average Bonchev–Trinajstić information content (AvgIpc) is 2.76. The van der Waals surface area contributed by atoms with E-state index in [4.69, 9.17) is 5.11 Å². The fourth-order valence-electron chi connectivity index (χ4n) is 4.14. The molecule has 0 amide bonds. The van der Waals surface area contributed by atoms with Gasteiger partial charge in [-0.05, 0) is 96.8 Å². The van der Waals surface area contributed by atoms with Crippen LogP contribution in [0.25, 0.3) is 10.8 Å². The Morgan fingerprint density at radius 3 is 2.58 bits per heavy atom. The third-order valence-electron chi connectivity index (χ3n) is 5.93. The highest BCUT2D eigenvalue weighted by Crippen LogP contribution is 2.25. The van der Waals surface area contributed by atoms with Gasteiger partial charge in [0.25, 0.3) is 5.56 Å². The largest absolute Gasteiger partial charge is 0.494 e. The van der Waals surface area contributed by atoms with Gasteiger partial charge in [-0.25, -0.2) is 0 Å². The van der Waals surface area contributed by atoms with Crippen LogP contribution in [0, 0.1) is 9.49 Å². The molecule has 0 spiro atoms. The second-order valence-electron chi connectivity index (χ2n) is 8.06. The standard InChI is InChI=1S/C24H26IN3O3/c25-18-3-6-20-21(13-18)22(24(31)27-23(20)30)14-26-19-4-1-17(2-5-19)15-28-10-7-16(8-11-28)9-12-29/h1-6,13-14,16,29H,7-12,15H2,(H2,27,30,31). The lowest BCUT2D eigenvalue weighted by Crippen LogP contribution is -2.33. The molecular formula is C24H26IN3O3. The van der Waals surface area contributed by atoms with Crippen molar-refractivity contribution in [3.8, 4) is 5.88 Å². The average molecular weight is 531 g/mol. The van der Waals surface area contributed by atoms with Gasteiger partial charge in [-0.1, -0.05) is 12.1 Å². The lowest BCUT2D eigenvalue weighted by Gasteiger charge is -2.31. The molecule has 1 aromatic heterocycles. The van der Waals surface area contributed by atoms with E-state index in [1.54, 1.807) is 12.3 Å². The number of nitrogens with zero attached hydrogens (tertiary/aromatic N) is 2. The molecule has 7 heteroatoms. The summed E-state index contributed by atoms with van der Waals surface area (Å²) in [5, 5.41) is 20.6. The quantitative estimate of drug-likeness (QED) is 0.329. The van der Waals surface area contributed by atoms with Crippen LogP contribution in [-0.4, -0.2) is 46.0 Å². The van der Waals surface area contributed by atoms with Crippen LogP contribution in [0.1, 0.15) is 30.4 Å². The first-order valence-electron chi connectivity index (χ1n) is 10.5. The number of aromatic hydroxyl groups is 1. The van der Waals surface area contributed by atoms with E-state index in [1.807, 2.05) is 24.3 Å². The Hall–Kier alpha value is -2.23. The number of rotatable bonds is 6. The van der Waals surface area contributed by atoms with Crippen LogP contribution in [0.4, 0.5) is 5.69 Å². The third kappa shape index (κ3) is 5.34. The Morgan fingerprint density at radius 1 is 1.13 bits per heavy atom. The van der Waals surface area contributed by atoms with Crippen molar-refractivity contribution >= 4 is 45.3 Å². The van der Waals surface area contributed by atoms with Crippen LogP contribution in [0.3, 0.4) is 0 Å². The number of hydrogen-bond acceptors (Lipinski definition) is 5. The molecular weight excluding hydrogens is 505 g/mol. The number of aliphatic imine (C=N–C) groups is 1. The molecule has 0 bridgehead atoms. The molecule has 1 saturated heterocycles. The number of fused-ring (bicyclic) bond motifs is 1. The Kier molecular flexibility index (Phi) is 7.04. The van der Waals surface area contributed by atoms with Gasteiger partial charge in [0.15, 0.2) is 0 Å². The molecule has 2 heterocycles. The molecule has 1 fully saturated rings. The van der Waals surface area contributed by atoms with Gasteiger partial charge < -0.3 is 10.2 Å². The Labute approximate surface area is 194 Å². The van der Waals surface area contributed by atoms with Crippen molar-refractivity contribution in [1.29, 1.82) is 0 Å². The molecule has 2 aromatic carbocycles. The van der Waals surface area contributed by atoms with Gasteiger partial charge in [0, 0.05) is 33.7 Å². The summed E-state index contributed by atoms with van der Waals surface area (Å²) in [7, 11) is 0. The highest BCUT2D eigenvalue weighted by Gasteiger charge is 2.18. The van der Waals surface area contributed by atoms with E-state index in [1.165, 1.54) is 5.56 Å². The molecule has 3 aromatic rings. The van der Waals surface area contributed by atoms with Crippen molar-refractivity contribution in [2.24, 2.45) is 10.9 Å². The second-order valence-corrected chi connectivity index (χ2v) is 9.31. The number of likely N-dealkylation sites (tertiary alicyclic amines) is 1. The molecule has 6 nitrogen and oxygen atoms in total. The molecule has 0 radical (unpaired) electrons. The number of benzene rings is 2. The summed E-state index contributed by atoms with van der Waals surface area (Å²) in [5.41, 5.74) is 2.22. The van der Waals surface area contributed by atoms with E-state index in [0.29, 0.717) is 28.9 Å². The summed E-state index contributed by atoms with van der Waals surface area (Å²) in [6, 6.07) is 13.6. The van der Waals surface area contributed by atoms with Gasteiger partial charge in [0.1, 0.15) is 0 Å². The number of piperidine rings is 1. The number of aromatic nitrogens is 1. The number of nitrogens with one attached hydrogen (secondary N) is 1. The topological polar surface area (TPSA) is 88.9 Å². The van der Waals surface area contributed by atoms with Gasteiger partial charge in [-0.15, -0.1) is 0 Å². The summed E-state index contributed by atoms with van der Waals surface area (Å²) in [6.45, 7) is 3.35. The maximum atomic E-state index is 12.1. The van der Waals surface area contributed by atoms with Gasteiger partial charge in [-0.2, -0.15) is 0 Å². The molecule has 162 valence electrons. The molecule has 31 heavy (non-hydrogen) atoms. The molecule has 0 atom stereocenters. The second kappa shape index (κ2) is 9.93. The SMILES string of the molecule is O=c1[nH]c(O)c(C=Nc2ccc(CN3CCC(CCO)CC3)cc2)c2cc(I)ccc12. The molecule has 1 aliphatic heterocycles. The zero-order valence-corrected chi connectivity index (χ0v) is 19.4. The van der Waals surface area contributed by atoms with E-state index < -0.39 is 0 Å². The Bertz CT molecular complexity index is 1130. The molecule has 1 aliphatic rings. The van der Waals surface area contributed by atoms with Gasteiger partial charge >= 0.3 is 0 Å². The van der Waals surface area contributed by atoms with Crippen LogP contribution >= 0.6 is 22.6 Å². The minimum atomic E-state index is -0.314. The maximum absolute atomic E-state index is 12.1. The van der Waals surface area contributed by atoms with Crippen molar-refractivity contribution in [3.63, 3.8) is 0 Å². The van der Waals surface area contributed by atoms with Crippen molar-refractivity contribution in [2.75, 3.05) is 19.7 Å². The van der Waals surface area contributed by atoms with Crippen molar-refractivity contribution in [1.82, 2.24) is 9.88 Å². The normalized spacial score (nSPS) is 15.8. The smallest absolute Gasteiger partial charge is 0.258 e. The molecule has 0 aliphatic carbocycles. The Balaban J connectivity index is 1.46. The minimum absolute atomic E-state index is 0.176. The summed E-state index contributed by atoms with van der Waals surface area (Å²) >= 11 is 2.19. The van der Waals surface area contributed by atoms with Crippen LogP contribution < -0.4 is 5.56 Å². The molecule has 0 unspecified atom stereocenters. The summed E-state index contributed by atoms with van der Waals surface area (Å²) in [6.07, 6.45) is 4.82. The number of hydrogen-bond donors (Lipinski definition) is 3. The van der Waals surface area contributed by atoms with Gasteiger partial charge in [0.2, 0.25) is 5.88 Å². The minimum Gasteiger partial charge on any atom is -0.494 e.